The molecule has 1 aliphatic rings. The summed E-state index contributed by atoms with van der Waals surface area (Å²) in [5.41, 5.74) is 5.81. The summed E-state index contributed by atoms with van der Waals surface area (Å²) < 4.78 is 31.5. The molecule has 106 valence electrons. The summed E-state index contributed by atoms with van der Waals surface area (Å²) in [7, 11) is -3.85. The molecule has 0 aromatic heterocycles. The van der Waals surface area contributed by atoms with Crippen molar-refractivity contribution in [2.75, 3.05) is 32.1 Å². The summed E-state index contributed by atoms with van der Waals surface area (Å²) in [6, 6.07) is 3.92. The van der Waals surface area contributed by atoms with Crippen LogP contribution in [0.2, 0.25) is 5.02 Å². The van der Waals surface area contributed by atoms with Crippen LogP contribution in [0.4, 0.5) is 5.69 Å². The number of ether oxygens (including phenoxy) is 1. The summed E-state index contributed by atoms with van der Waals surface area (Å²) in [6.45, 7) is 0.280. The lowest BCUT2D eigenvalue weighted by molar-refractivity contribution is 0.0109. The maximum Gasteiger partial charge on any atom is 0.247 e. The maximum atomic E-state index is 12.6. The van der Waals surface area contributed by atoms with Gasteiger partial charge in [-0.3, -0.25) is 0 Å². The molecule has 6 nitrogen and oxygen atoms in total. The van der Waals surface area contributed by atoms with Crippen LogP contribution in [0.3, 0.4) is 0 Å². The highest BCUT2D eigenvalue weighted by Gasteiger charge is 2.36. The molecular weight excluding hydrogens is 292 g/mol. The van der Waals surface area contributed by atoms with E-state index < -0.39 is 16.1 Å². The Kier molecular flexibility index (Phi) is 4.32. The lowest BCUT2D eigenvalue weighted by Crippen LogP contribution is -2.50. The molecule has 0 amide bonds. The number of aliphatic hydroxyl groups excluding tert-OH is 1. The monoisotopic (exact) mass is 306 g/mol. The van der Waals surface area contributed by atoms with Gasteiger partial charge in [0.1, 0.15) is 4.90 Å². The van der Waals surface area contributed by atoms with Gasteiger partial charge in [0.2, 0.25) is 10.0 Å². The van der Waals surface area contributed by atoms with E-state index in [0.29, 0.717) is 0 Å². The molecule has 3 N–H and O–H groups in total. The summed E-state index contributed by atoms with van der Waals surface area (Å²) in [5, 5.41) is 9.33. The van der Waals surface area contributed by atoms with Crippen LogP contribution in [-0.4, -0.2) is 50.2 Å². The first-order valence-corrected chi connectivity index (χ1v) is 7.54. The molecule has 0 radical (unpaired) electrons. The van der Waals surface area contributed by atoms with Crippen molar-refractivity contribution in [2.45, 2.75) is 10.9 Å². The van der Waals surface area contributed by atoms with Crippen molar-refractivity contribution in [1.29, 1.82) is 0 Å². The zero-order chi connectivity index (χ0) is 14.0. The number of aliphatic hydroxyl groups is 1. The quantitative estimate of drug-likeness (QED) is 0.784. The van der Waals surface area contributed by atoms with Crippen LogP contribution >= 0.6 is 11.6 Å². The first kappa shape index (κ1) is 14.5. The van der Waals surface area contributed by atoms with Crippen LogP contribution in [0, 0.1) is 0 Å². The van der Waals surface area contributed by atoms with E-state index in [2.05, 4.69) is 0 Å². The lowest BCUT2D eigenvalue weighted by atomic mass is 10.3. The molecule has 0 aliphatic carbocycles. The Morgan fingerprint density at radius 1 is 1.53 bits per heavy atom. The minimum absolute atomic E-state index is 0.0724. The highest BCUT2D eigenvalue weighted by atomic mass is 35.5. The second-order valence-corrected chi connectivity index (χ2v) is 6.42. The molecule has 1 aromatic carbocycles. The van der Waals surface area contributed by atoms with Crippen LogP contribution in [0.25, 0.3) is 0 Å². The predicted octanol–water partition coefficient (Wildman–Crippen LogP) is 0.304. The van der Waals surface area contributed by atoms with Crippen molar-refractivity contribution in [3.8, 4) is 0 Å². The molecule has 1 heterocycles. The summed E-state index contributed by atoms with van der Waals surface area (Å²) in [4.78, 5) is -0.114. The van der Waals surface area contributed by atoms with Crippen LogP contribution in [-0.2, 0) is 14.8 Å². The molecule has 1 saturated heterocycles. The van der Waals surface area contributed by atoms with Gasteiger partial charge in [-0.15, -0.1) is 0 Å². The first-order valence-electron chi connectivity index (χ1n) is 5.73. The number of anilines is 1. The average Bonchev–Trinajstić information content (AvgIpc) is 2.38. The van der Waals surface area contributed by atoms with Gasteiger partial charge < -0.3 is 15.6 Å². The second-order valence-electron chi connectivity index (χ2n) is 4.19. The maximum absolute atomic E-state index is 12.6. The van der Waals surface area contributed by atoms with Gasteiger partial charge >= 0.3 is 0 Å². The predicted molar refractivity (Wildman–Crippen MR) is 71.4 cm³/mol. The second kappa shape index (κ2) is 5.64. The van der Waals surface area contributed by atoms with E-state index in [-0.39, 0.29) is 42.0 Å². The highest BCUT2D eigenvalue weighted by Crippen LogP contribution is 2.31. The number of rotatable bonds is 3. The van der Waals surface area contributed by atoms with Gasteiger partial charge in [-0.1, -0.05) is 17.7 Å². The van der Waals surface area contributed by atoms with E-state index in [1.54, 1.807) is 6.07 Å². The Labute approximate surface area is 116 Å². The third-order valence-corrected chi connectivity index (χ3v) is 5.45. The molecular formula is C11H15ClN2O4S. The Bertz CT molecular complexity index is 544. The molecule has 1 fully saturated rings. The average molecular weight is 307 g/mol. The van der Waals surface area contributed by atoms with E-state index in [1.807, 2.05) is 0 Å². The molecule has 1 aliphatic heterocycles. The van der Waals surface area contributed by atoms with Crippen molar-refractivity contribution < 1.29 is 18.3 Å². The number of hydrogen-bond donors (Lipinski definition) is 2. The smallest absolute Gasteiger partial charge is 0.247 e. The Balaban J connectivity index is 2.47. The van der Waals surface area contributed by atoms with Gasteiger partial charge in [0.15, 0.2) is 0 Å². The van der Waals surface area contributed by atoms with E-state index >= 15 is 0 Å². The van der Waals surface area contributed by atoms with Crippen molar-refractivity contribution in [3.05, 3.63) is 23.2 Å². The summed E-state index contributed by atoms with van der Waals surface area (Å²) >= 11 is 5.94. The largest absolute Gasteiger partial charge is 0.398 e. The molecule has 1 atom stereocenters. The van der Waals surface area contributed by atoms with Gasteiger partial charge in [-0.05, 0) is 12.1 Å². The molecule has 0 spiro atoms. The zero-order valence-corrected chi connectivity index (χ0v) is 11.7. The lowest BCUT2D eigenvalue weighted by Gasteiger charge is -2.33. The van der Waals surface area contributed by atoms with Gasteiger partial charge in [-0.2, -0.15) is 4.31 Å². The fourth-order valence-corrected chi connectivity index (χ4v) is 4.24. The third kappa shape index (κ3) is 2.70. The van der Waals surface area contributed by atoms with E-state index in [0.717, 1.165) is 0 Å². The third-order valence-electron chi connectivity index (χ3n) is 2.95. The number of nitrogens with zero attached hydrogens (tertiary/aromatic N) is 1. The minimum atomic E-state index is -3.85. The molecule has 1 unspecified atom stereocenters. The number of sulfonamides is 1. The van der Waals surface area contributed by atoms with Crippen LogP contribution < -0.4 is 5.73 Å². The molecule has 8 heteroatoms. The van der Waals surface area contributed by atoms with Crippen LogP contribution in [0.5, 0.6) is 0 Å². The molecule has 0 saturated carbocycles. The number of nitrogens with two attached hydrogens (primary N) is 1. The van der Waals surface area contributed by atoms with Gasteiger partial charge in [0.05, 0.1) is 36.6 Å². The molecule has 2 rings (SSSR count). The van der Waals surface area contributed by atoms with Crippen molar-refractivity contribution in [2.24, 2.45) is 0 Å². The molecule has 19 heavy (non-hydrogen) atoms. The van der Waals surface area contributed by atoms with E-state index in [9.17, 15) is 13.5 Å². The van der Waals surface area contributed by atoms with E-state index in [1.165, 1.54) is 16.4 Å². The number of hydrogen-bond acceptors (Lipinski definition) is 5. The fourth-order valence-electron chi connectivity index (χ4n) is 2.01. The standard InChI is InChI=1S/C11H15ClN2O4S/c12-9-2-1-3-10(13)11(9)19(16,17)14-4-5-18-7-8(14)6-15/h1-3,8,15H,4-7,13H2. The van der Waals surface area contributed by atoms with E-state index in [4.69, 9.17) is 22.1 Å². The number of benzene rings is 1. The van der Waals surface area contributed by atoms with Gasteiger partial charge in [-0.25, -0.2) is 8.42 Å². The highest BCUT2D eigenvalue weighted by molar-refractivity contribution is 7.89. The Hall–Kier alpha value is -0.860. The molecule has 0 bridgehead atoms. The zero-order valence-electron chi connectivity index (χ0n) is 10.1. The number of nitrogen functional groups attached to an aromatic ring is 1. The topological polar surface area (TPSA) is 92.9 Å². The fraction of sp³-hybridized carbons (Fsp3) is 0.455. The first-order chi connectivity index (χ1) is 8.98. The SMILES string of the molecule is Nc1cccc(Cl)c1S(=O)(=O)N1CCOCC1CO. The van der Waals surface area contributed by atoms with Crippen LogP contribution in [0.15, 0.2) is 23.1 Å². The summed E-state index contributed by atoms with van der Waals surface area (Å²) in [5.74, 6) is 0. The Morgan fingerprint density at radius 3 is 2.89 bits per heavy atom. The van der Waals surface area contributed by atoms with Gasteiger partial charge in [0.25, 0.3) is 0 Å². The summed E-state index contributed by atoms with van der Waals surface area (Å²) in [6.07, 6.45) is 0. The van der Waals surface area contributed by atoms with Crippen molar-refractivity contribution in [1.82, 2.24) is 4.31 Å². The van der Waals surface area contributed by atoms with Gasteiger partial charge in [0, 0.05) is 6.54 Å². The normalized spacial score (nSPS) is 21.5. The van der Waals surface area contributed by atoms with Crippen molar-refractivity contribution in [3.63, 3.8) is 0 Å². The Morgan fingerprint density at radius 2 is 2.26 bits per heavy atom. The molecule has 1 aromatic rings. The minimum Gasteiger partial charge on any atom is -0.398 e. The van der Waals surface area contributed by atoms with Crippen LogP contribution in [0.1, 0.15) is 0 Å². The van der Waals surface area contributed by atoms with Crippen molar-refractivity contribution >= 4 is 27.3 Å². The number of morpholine rings is 1. The number of halogens is 1.